The summed E-state index contributed by atoms with van der Waals surface area (Å²) in [7, 11) is 0. The van der Waals surface area contributed by atoms with Crippen molar-refractivity contribution in [1.82, 2.24) is 0 Å². The molecule has 1 N–H and O–H groups in total. The summed E-state index contributed by atoms with van der Waals surface area (Å²) in [5.74, 6) is -1.25. The molecule has 0 saturated heterocycles. The number of para-hydroxylation sites is 1. The molecule has 0 saturated carbocycles. The van der Waals surface area contributed by atoms with E-state index in [-0.39, 0.29) is 23.8 Å². The Bertz CT molecular complexity index is 838. The molecule has 1 amide bonds. The van der Waals surface area contributed by atoms with Gasteiger partial charge in [0, 0.05) is 16.7 Å². The molecule has 0 bridgehead atoms. The van der Waals surface area contributed by atoms with Crippen LogP contribution in [-0.2, 0) is 16.0 Å². The topological polar surface area (TPSA) is 66.8 Å². The van der Waals surface area contributed by atoms with Crippen LogP contribution in [0.3, 0.4) is 0 Å². The van der Waals surface area contributed by atoms with Gasteiger partial charge in [0.05, 0.1) is 4.47 Å². The Balaban J connectivity index is 1.70. The number of esters is 1. The van der Waals surface area contributed by atoms with E-state index >= 15 is 0 Å². The number of benzene rings is 2. The first-order chi connectivity index (χ1) is 12.0. The Kier molecular flexibility index (Phi) is 5.44. The molecule has 0 spiro atoms. The van der Waals surface area contributed by atoms with Crippen LogP contribution >= 0.6 is 31.9 Å². The minimum atomic E-state index is -0.752. The lowest BCUT2D eigenvalue weighted by Crippen LogP contribution is -2.38. The Morgan fingerprint density at radius 3 is 2.76 bits per heavy atom. The molecule has 5 nitrogen and oxygen atoms in total. The van der Waals surface area contributed by atoms with Gasteiger partial charge in [-0.15, -0.1) is 0 Å². The first kappa shape index (κ1) is 17.9. The highest BCUT2D eigenvalue weighted by atomic mass is 79.9. The number of carbonyl (C=O) groups is 2. The maximum Gasteiger partial charge on any atom is 0.342 e. The molecule has 7 heteroatoms. The molecule has 0 radical (unpaired) electrons. The van der Waals surface area contributed by atoms with Gasteiger partial charge in [0.1, 0.15) is 11.3 Å². The third kappa shape index (κ3) is 3.88. The van der Waals surface area contributed by atoms with Crippen LogP contribution in [0.1, 0.15) is 22.3 Å². The summed E-state index contributed by atoms with van der Waals surface area (Å²) in [6.45, 7) is 0.220. The second-order valence-corrected chi connectivity index (χ2v) is 7.41. The average molecular weight is 469 g/mol. The smallest absolute Gasteiger partial charge is 0.342 e. The first-order valence-electron chi connectivity index (χ1n) is 7.71. The van der Waals surface area contributed by atoms with E-state index in [1.165, 1.54) is 6.07 Å². The number of phenols is 1. The lowest BCUT2D eigenvalue weighted by atomic mass is 10.0. The number of aryl methyl sites for hydroxylation is 1. The van der Waals surface area contributed by atoms with Crippen LogP contribution in [0.25, 0.3) is 0 Å². The van der Waals surface area contributed by atoms with Gasteiger partial charge in [-0.05, 0) is 52.5 Å². The van der Waals surface area contributed by atoms with Crippen LogP contribution in [0, 0.1) is 0 Å². The number of hydrogen-bond acceptors (Lipinski definition) is 4. The fourth-order valence-corrected chi connectivity index (χ4v) is 4.02. The van der Waals surface area contributed by atoms with Crippen LogP contribution in [0.5, 0.6) is 5.75 Å². The van der Waals surface area contributed by atoms with E-state index in [1.807, 2.05) is 24.3 Å². The number of nitrogens with zero attached hydrogens (tertiary/aromatic N) is 1. The van der Waals surface area contributed by atoms with Crippen molar-refractivity contribution in [3.63, 3.8) is 0 Å². The van der Waals surface area contributed by atoms with E-state index < -0.39 is 5.97 Å². The molecule has 130 valence electrons. The summed E-state index contributed by atoms with van der Waals surface area (Å²) in [4.78, 5) is 26.3. The molecule has 25 heavy (non-hydrogen) atoms. The number of carbonyl (C=O) groups excluding carboxylic acids is 2. The van der Waals surface area contributed by atoms with Gasteiger partial charge in [-0.25, -0.2) is 4.79 Å². The second-order valence-electron chi connectivity index (χ2n) is 5.64. The van der Waals surface area contributed by atoms with Crippen LogP contribution in [0.4, 0.5) is 5.69 Å². The van der Waals surface area contributed by atoms with E-state index in [9.17, 15) is 14.7 Å². The molecular weight excluding hydrogens is 454 g/mol. The van der Waals surface area contributed by atoms with Gasteiger partial charge in [-0.2, -0.15) is 0 Å². The molecule has 0 aromatic heterocycles. The lowest BCUT2D eigenvalue weighted by Gasteiger charge is -2.29. The molecule has 2 aromatic rings. The van der Waals surface area contributed by atoms with Gasteiger partial charge < -0.3 is 14.7 Å². The number of fused-ring (bicyclic) bond motifs is 1. The summed E-state index contributed by atoms with van der Waals surface area (Å²) in [6, 6.07) is 10.8. The molecule has 1 aliphatic heterocycles. The molecule has 1 heterocycles. The van der Waals surface area contributed by atoms with Crippen molar-refractivity contribution < 1.29 is 19.4 Å². The number of phenolic OH excluding ortho intramolecular Hbond substituents is 1. The zero-order valence-corrected chi connectivity index (χ0v) is 16.3. The zero-order valence-electron chi connectivity index (χ0n) is 13.2. The van der Waals surface area contributed by atoms with Gasteiger partial charge in [0.2, 0.25) is 0 Å². The van der Waals surface area contributed by atoms with Gasteiger partial charge in [0.15, 0.2) is 6.61 Å². The summed E-state index contributed by atoms with van der Waals surface area (Å²) in [5.41, 5.74) is 1.97. The van der Waals surface area contributed by atoms with Crippen LogP contribution in [0.2, 0.25) is 0 Å². The molecule has 1 aliphatic rings. The van der Waals surface area contributed by atoms with E-state index in [2.05, 4.69) is 31.9 Å². The van der Waals surface area contributed by atoms with E-state index in [0.717, 1.165) is 24.1 Å². The Morgan fingerprint density at radius 1 is 1.20 bits per heavy atom. The van der Waals surface area contributed by atoms with Gasteiger partial charge in [-0.3, -0.25) is 4.79 Å². The normalized spacial score (nSPS) is 13.3. The SMILES string of the molecule is O=C(OCC(=O)N1CCCc2ccccc21)c1cc(Br)cc(Br)c1O. The standard InChI is InChI=1S/C18H15Br2NO4/c19-12-8-13(17(23)14(20)9-12)18(24)25-10-16(22)21-7-3-5-11-4-1-2-6-15(11)21/h1-2,4,6,8-9,23H,3,5,7,10H2. The molecule has 0 aliphatic carbocycles. The summed E-state index contributed by atoms with van der Waals surface area (Å²) in [5, 5.41) is 9.97. The predicted molar refractivity (Wildman–Crippen MR) is 101 cm³/mol. The molecule has 3 rings (SSSR count). The molecule has 0 atom stereocenters. The van der Waals surface area contributed by atoms with E-state index in [1.54, 1.807) is 11.0 Å². The van der Waals surface area contributed by atoms with Crippen molar-refractivity contribution in [2.24, 2.45) is 0 Å². The number of amides is 1. The largest absolute Gasteiger partial charge is 0.506 e. The number of halogens is 2. The van der Waals surface area contributed by atoms with Crippen molar-refractivity contribution in [3.05, 3.63) is 56.5 Å². The first-order valence-corrected chi connectivity index (χ1v) is 9.29. The van der Waals surface area contributed by atoms with Crippen LogP contribution < -0.4 is 4.90 Å². The van der Waals surface area contributed by atoms with Gasteiger partial charge in [0.25, 0.3) is 5.91 Å². The number of aromatic hydroxyl groups is 1. The van der Waals surface area contributed by atoms with Crippen LogP contribution in [-0.4, -0.2) is 30.1 Å². The minimum Gasteiger partial charge on any atom is -0.506 e. The third-order valence-electron chi connectivity index (χ3n) is 3.99. The van der Waals surface area contributed by atoms with Crippen molar-refractivity contribution in [1.29, 1.82) is 0 Å². The van der Waals surface area contributed by atoms with E-state index in [0.29, 0.717) is 15.5 Å². The fraction of sp³-hybridized carbons (Fsp3) is 0.222. The quantitative estimate of drug-likeness (QED) is 0.690. The Morgan fingerprint density at radius 2 is 1.96 bits per heavy atom. The van der Waals surface area contributed by atoms with Crippen molar-refractivity contribution in [2.45, 2.75) is 12.8 Å². The van der Waals surface area contributed by atoms with Crippen molar-refractivity contribution >= 4 is 49.4 Å². The highest BCUT2D eigenvalue weighted by Gasteiger charge is 2.24. The summed E-state index contributed by atoms with van der Waals surface area (Å²) >= 11 is 6.41. The van der Waals surface area contributed by atoms with Gasteiger partial charge in [-0.1, -0.05) is 34.1 Å². The maximum atomic E-state index is 12.5. The Labute approximate surface area is 161 Å². The highest BCUT2D eigenvalue weighted by Crippen LogP contribution is 2.32. The number of ether oxygens (including phenoxy) is 1. The fourth-order valence-electron chi connectivity index (χ4n) is 2.80. The minimum absolute atomic E-state index is 0.00639. The summed E-state index contributed by atoms with van der Waals surface area (Å²) < 4.78 is 6.09. The number of hydrogen-bond donors (Lipinski definition) is 1. The lowest BCUT2D eigenvalue weighted by molar-refractivity contribution is -0.121. The third-order valence-corrected chi connectivity index (χ3v) is 5.05. The zero-order chi connectivity index (χ0) is 18.0. The molecular formula is C18H15Br2NO4. The highest BCUT2D eigenvalue weighted by molar-refractivity contribution is 9.11. The van der Waals surface area contributed by atoms with Crippen molar-refractivity contribution in [3.8, 4) is 5.75 Å². The molecule has 2 aromatic carbocycles. The number of rotatable bonds is 3. The second kappa shape index (κ2) is 7.58. The maximum absolute atomic E-state index is 12.5. The predicted octanol–water partition coefficient (Wildman–Crippen LogP) is 4.05. The molecule has 0 unspecified atom stereocenters. The van der Waals surface area contributed by atoms with Crippen LogP contribution in [0.15, 0.2) is 45.3 Å². The average Bonchev–Trinajstić information content (AvgIpc) is 2.61. The Hall–Kier alpha value is -1.86. The monoisotopic (exact) mass is 467 g/mol. The summed E-state index contributed by atoms with van der Waals surface area (Å²) in [6.07, 6.45) is 1.80. The molecule has 0 fully saturated rings. The van der Waals surface area contributed by atoms with Gasteiger partial charge >= 0.3 is 5.97 Å². The van der Waals surface area contributed by atoms with Crippen molar-refractivity contribution in [2.75, 3.05) is 18.1 Å². The van der Waals surface area contributed by atoms with E-state index in [4.69, 9.17) is 4.74 Å². The number of anilines is 1.